The number of halogens is 3. The van der Waals surface area contributed by atoms with E-state index in [1.54, 1.807) is 22.8 Å². The summed E-state index contributed by atoms with van der Waals surface area (Å²) in [7, 11) is 0. The highest BCUT2D eigenvalue weighted by molar-refractivity contribution is 6.30. The molecule has 0 fully saturated rings. The Morgan fingerprint density at radius 3 is 2.64 bits per heavy atom. The highest BCUT2D eigenvalue weighted by Crippen LogP contribution is 2.28. The van der Waals surface area contributed by atoms with Crippen LogP contribution in [0.2, 0.25) is 5.02 Å². The van der Waals surface area contributed by atoms with Gasteiger partial charge in [-0.05, 0) is 18.6 Å². The van der Waals surface area contributed by atoms with Gasteiger partial charge in [-0.3, -0.25) is 0 Å². The van der Waals surface area contributed by atoms with Crippen LogP contribution in [0.1, 0.15) is 6.42 Å². The zero-order valence-electron chi connectivity index (χ0n) is 11.6. The van der Waals surface area contributed by atoms with Crippen molar-refractivity contribution in [2.45, 2.75) is 13.0 Å². The molecule has 0 atom stereocenters. The monoisotopic (exact) mass is 322 g/mol. The Balaban J connectivity index is 2.23. The second-order valence-electron chi connectivity index (χ2n) is 4.93. The number of benzene rings is 2. The van der Waals surface area contributed by atoms with E-state index in [0.717, 1.165) is 17.7 Å². The van der Waals surface area contributed by atoms with Crippen molar-refractivity contribution in [1.29, 1.82) is 0 Å². The molecule has 6 heteroatoms. The van der Waals surface area contributed by atoms with E-state index in [1.807, 2.05) is 6.07 Å². The Hall–Kier alpha value is -1.98. The van der Waals surface area contributed by atoms with Crippen LogP contribution in [0.15, 0.2) is 36.4 Å². The first-order valence-corrected chi connectivity index (χ1v) is 7.20. The summed E-state index contributed by atoms with van der Waals surface area (Å²) in [5, 5.41) is 9.60. The number of fused-ring (bicyclic) bond motifs is 1. The Kier molecular flexibility index (Phi) is 4.09. The number of hydrogen-bond acceptors (Lipinski definition) is 2. The fourth-order valence-electron chi connectivity index (χ4n) is 2.42. The molecule has 2 aromatic carbocycles. The van der Waals surface area contributed by atoms with Crippen molar-refractivity contribution in [2.24, 2.45) is 0 Å². The molecule has 0 aliphatic rings. The maximum absolute atomic E-state index is 13.5. The molecule has 22 heavy (non-hydrogen) atoms. The summed E-state index contributed by atoms with van der Waals surface area (Å²) in [5.74, 6) is -1.29. The molecule has 0 amide bonds. The van der Waals surface area contributed by atoms with Crippen LogP contribution < -0.4 is 0 Å². The fourth-order valence-corrected chi connectivity index (χ4v) is 2.61. The molecule has 1 heterocycles. The molecule has 3 aromatic rings. The summed E-state index contributed by atoms with van der Waals surface area (Å²) in [5.41, 5.74) is 1.61. The van der Waals surface area contributed by atoms with Crippen molar-refractivity contribution in [3.05, 3.63) is 53.1 Å². The Morgan fingerprint density at radius 2 is 1.91 bits per heavy atom. The zero-order valence-corrected chi connectivity index (χ0v) is 12.3. The van der Waals surface area contributed by atoms with Gasteiger partial charge in [-0.25, -0.2) is 13.8 Å². The standard InChI is InChI=1S/C16H13ClF2N2O/c17-11-4-1-3-10(7-11)16-20-14-8-12(18)13(19)9-15(14)21(16)5-2-6-22/h1,3-4,7-9,22H,2,5-6H2. The molecule has 3 rings (SSSR count). The van der Waals surface area contributed by atoms with Crippen molar-refractivity contribution < 1.29 is 13.9 Å². The molecule has 1 N–H and O–H groups in total. The maximum atomic E-state index is 13.5. The van der Waals surface area contributed by atoms with Crippen LogP contribution in [0.5, 0.6) is 0 Å². The van der Waals surface area contributed by atoms with Crippen LogP contribution in [-0.4, -0.2) is 21.3 Å². The second-order valence-corrected chi connectivity index (χ2v) is 5.37. The Labute approximate surface area is 130 Å². The molecule has 0 bridgehead atoms. The number of rotatable bonds is 4. The second kappa shape index (κ2) is 6.02. The van der Waals surface area contributed by atoms with Gasteiger partial charge in [0.15, 0.2) is 11.6 Å². The molecule has 0 saturated carbocycles. The third-order valence-electron chi connectivity index (χ3n) is 3.41. The normalized spacial score (nSPS) is 11.3. The van der Waals surface area contributed by atoms with Gasteiger partial charge in [0, 0.05) is 35.9 Å². The zero-order chi connectivity index (χ0) is 15.7. The lowest BCUT2D eigenvalue weighted by molar-refractivity contribution is 0.281. The number of aryl methyl sites for hydroxylation is 1. The minimum Gasteiger partial charge on any atom is -0.396 e. The molecular weight excluding hydrogens is 310 g/mol. The third-order valence-corrected chi connectivity index (χ3v) is 3.65. The molecule has 3 nitrogen and oxygen atoms in total. The van der Waals surface area contributed by atoms with Crippen LogP contribution >= 0.6 is 11.6 Å². The fraction of sp³-hybridized carbons (Fsp3) is 0.188. The lowest BCUT2D eigenvalue weighted by Gasteiger charge is -2.08. The number of aromatic nitrogens is 2. The molecular formula is C16H13ClF2N2O. The largest absolute Gasteiger partial charge is 0.396 e. The SMILES string of the molecule is OCCCn1c(-c2cccc(Cl)c2)nc2cc(F)c(F)cc21. The molecule has 1 aromatic heterocycles. The van der Waals surface area contributed by atoms with E-state index in [0.29, 0.717) is 34.8 Å². The van der Waals surface area contributed by atoms with Crippen molar-refractivity contribution in [3.8, 4) is 11.4 Å². The maximum Gasteiger partial charge on any atom is 0.161 e. The van der Waals surface area contributed by atoms with Gasteiger partial charge >= 0.3 is 0 Å². The first kappa shape index (κ1) is 14.9. The van der Waals surface area contributed by atoms with E-state index in [1.165, 1.54) is 0 Å². The molecule has 0 spiro atoms. The summed E-state index contributed by atoms with van der Waals surface area (Å²) in [6.45, 7) is 0.443. The molecule has 0 aliphatic heterocycles. The predicted octanol–water partition coefficient (Wildman–Crippen LogP) is 4.02. The predicted molar refractivity (Wildman–Crippen MR) is 81.8 cm³/mol. The highest BCUT2D eigenvalue weighted by Gasteiger charge is 2.15. The van der Waals surface area contributed by atoms with E-state index in [-0.39, 0.29) is 6.61 Å². The summed E-state index contributed by atoms with van der Waals surface area (Å²) in [6, 6.07) is 9.30. The van der Waals surface area contributed by atoms with Crippen molar-refractivity contribution in [3.63, 3.8) is 0 Å². The van der Waals surface area contributed by atoms with Gasteiger partial charge in [0.2, 0.25) is 0 Å². The van der Waals surface area contributed by atoms with E-state index in [9.17, 15) is 8.78 Å². The van der Waals surface area contributed by atoms with Crippen molar-refractivity contribution in [1.82, 2.24) is 9.55 Å². The van der Waals surface area contributed by atoms with Crippen LogP contribution in [0.4, 0.5) is 8.78 Å². The molecule has 0 aliphatic carbocycles. The first-order chi connectivity index (χ1) is 10.6. The molecule has 0 unspecified atom stereocenters. The van der Waals surface area contributed by atoms with Crippen molar-refractivity contribution in [2.75, 3.05) is 6.61 Å². The number of aliphatic hydroxyl groups is 1. The van der Waals surface area contributed by atoms with E-state index in [2.05, 4.69) is 4.98 Å². The van der Waals surface area contributed by atoms with Gasteiger partial charge in [-0.1, -0.05) is 23.7 Å². The van der Waals surface area contributed by atoms with Crippen LogP contribution in [-0.2, 0) is 6.54 Å². The van der Waals surface area contributed by atoms with Gasteiger partial charge in [0.25, 0.3) is 0 Å². The third kappa shape index (κ3) is 2.69. The first-order valence-electron chi connectivity index (χ1n) is 6.82. The quantitative estimate of drug-likeness (QED) is 0.788. The van der Waals surface area contributed by atoms with Crippen LogP contribution in [0.25, 0.3) is 22.4 Å². The van der Waals surface area contributed by atoms with E-state index < -0.39 is 11.6 Å². The summed E-state index contributed by atoms with van der Waals surface area (Å²) < 4.78 is 28.7. The number of hydrogen-bond donors (Lipinski definition) is 1. The van der Waals surface area contributed by atoms with Gasteiger partial charge in [0.1, 0.15) is 5.82 Å². The molecule has 114 valence electrons. The summed E-state index contributed by atoms with van der Waals surface area (Å²) in [6.07, 6.45) is 0.484. The number of aliphatic hydroxyl groups excluding tert-OH is 1. The highest BCUT2D eigenvalue weighted by atomic mass is 35.5. The molecule has 0 saturated heterocycles. The van der Waals surface area contributed by atoms with E-state index >= 15 is 0 Å². The summed E-state index contributed by atoms with van der Waals surface area (Å²) >= 11 is 6.00. The topological polar surface area (TPSA) is 38.0 Å². The van der Waals surface area contributed by atoms with Crippen LogP contribution in [0, 0.1) is 11.6 Å². The van der Waals surface area contributed by atoms with Crippen LogP contribution in [0.3, 0.4) is 0 Å². The number of nitrogens with zero attached hydrogens (tertiary/aromatic N) is 2. The minimum absolute atomic E-state index is 0.00165. The Morgan fingerprint density at radius 1 is 1.14 bits per heavy atom. The van der Waals surface area contributed by atoms with E-state index in [4.69, 9.17) is 16.7 Å². The Bertz CT molecular complexity index is 832. The lowest BCUT2D eigenvalue weighted by atomic mass is 10.2. The van der Waals surface area contributed by atoms with Gasteiger partial charge in [-0.15, -0.1) is 0 Å². The minimum atomic E-state index is -0.933. The lowest BCUT2D eigenvalue weighted by Crippen LogP contribution is -2.03. The smallest absolute Gasteiger partial charge is 0.161 e. The number of imidazole rings is 1. The van der Waals surface area contributed by atoms with Gasteiger partial charge in [-0.2, -0.15) is 0 Å². The van der Waals surface area contributed by atoms with Gasteiger partial charge < -0.3 is 9.67 Å². The van der Waals surface area contributed by atoms with Crippen molar-refractivity contribution >= 4 is 22.6 Å². The van der Waals surface area contributed by atoms with Gasteiger partial charge in [0.05, 0.1) is 11.0 Å². The average Bonchev–Trinajstić information content (AvgIpc) is 2.83. The average molecular weight is 323 g/mol. The molecule has 0 radical (unpaired) electrons. The summed E-state index contributed by atoms with van der Waals surface area (Å²) in [4.78, 5) is 4.39.